The van der Waals surface area contributed by atoms with Gasteiger partial charge in [-0.2, -0.15) is 5.10 Å². The lowest BCUT2D eigenvalue weighted by Crippen LogP contribution is -2.46. The van der Waals surface area contributed by atoms with Gasteiger partial charge in [-0.05, 0) is 30.9 Å². The second-order valence-electron chi connectivity index (χ2n) is 6.69. The number of methoxy groups -OCH3 is 1. The van der Waals surface area contributed by atoms with E-state index < -0.39 is 11.9 Å². The normalized spacial score (nSPS) is 21.0. The Kier molecular flexibility index (Phi) is 4.35. The molecule has 2 unspecified atom stereocenters. The van der Waals surface area contributed by atoms with Crippen molar-refractivity contribution in [3.63, 3.8) is 0 Å². The monoisotopic (exact) mass is 368 g/mol. The van der Waals surface area contributed by atoms with Crippen LogP contribution in [0.3, 0.4) is 0 Å². The molecule has 1 saturated heterocycles. The molecule has 0 aliphatic carbocycles. The van der Waals surface area contributed by atoms with E-state index in [2.05, 4.69) is 25.1 Å². The van der Waals surface area contributed by atoms with Gasteiger partial charge in [0.25, 0.3) is 0 Å². The van der Waals surface area contributed by atoms with E-state index in [-0.39, 0.29) is 12.1 Å². The number of nitrogens with one attached hydrogen (secondary N) is 1. The van der Waals surface area contributed by atoms with E-state index in [9.17, 15) is 9.59 Å². The van der Waals surface area contributed by atoms with Gasteiger partial charge in [0, 0.05) is 25.5 Å². The predicted molar refractivity (Wildman–Crippen MR) is 96.8 cm³/mol. The zero-order valence-corrected chi connectivity index (χ0v) is 15.1. The van der Waals surface area contributed by atoms with Crippen molar-refractivity contribution in [3.05, 3.63) is 36.4 Å². The van der Waals surface area contributed by atoms with Gasteiger partial charge >= 0.3 is 11.9 Å². The summed E-state index contributed by atoms with van der Waals surface area (Å²) in [6, 6.07) is 1.75. The Morgan fingerprint density at radius 2 is 2.19 bits per heavy atom. The Labute approximate surface area is 156 Å². The van der Waals surface area contributed by atoms with Crippen LogP contribution in [0.5, 0.6) is 0 Å². The molecule has 27 heavy (non-hydrogen) atoms. The fraction of sp³-hybridized carbons (Fsp3) is 0.389. The SMILES string of the molecule is COC(=O)C(=O)N1C2C=C(c3ccnc(Nc4cnn(C)c4)n3)CC1CC2. The van der Waals surface area contributed by atoms with Crippen LogP contribution in [0.4, 0.5) is 11.6 Å². The molecule has 140 valence electrons. The molecule has 2 aromatic heterocycles. The minimum absolute atomic E-state index is 0.00806. The molecule has 0 spiro atoms. The number of anilines is 2. The molecular formula is C18H20N6O3. The zero-order chi connectivity index (χ0) is 19.0. The van der Waals surface area contributed by atoms with Crippen molar-refractivity contribution in [1.82, 2.24) is 24.6 Å². The molecule has 2 aromatic rings. The summed E-state index contributed by atoms with van der Waals surface area (Å²) in [5.41, 5.74) is 2.69. The van der Waals surface area contributed by atoms with E-state index in [0.29, 0.717) is 12.4 Å². The van der Waals surface area contributed by atoms with Crippen molar-refractivity contribution in [2.24, 2.45) is 7.05 Å². The molecule has 4 rings (SSSR count). The summed E-state index contributed by atoms with van der Waals surface area (Å²) in [6.07, 6.45) is 9.62. The van der Waals surface area contributed by atoms with Crippen molar-refractivity contribution >= 4 is 29.1 Å². The van der Waals surface area contributed by atoms with E-state index in [1.165, 1.54) is 7.11 Å². The number of hydrogen-bond acceptors (Lipinski definition) is 7. The lowest BCUT2D eigenvalue weighted by atomic mass is 9.98. The average Bonchev–Trinajstić information content (AvgIpc) is 3.20. The number of carbonyl (C=O) groups excluding carboxylic acids is 2. The number of rotatable bonds is 3. The number of aryl methyl sites for hydroxylation is 1. The third kappa shape index (κ3) is 3.27. The van der Waals surface area contributed by atoms with Crippen molar-refractivity contribution < 1.29 is 14.3 Å². The van der Waals surface area contributed by atoms with Crippen LogP contribution in [0.2, 0.25) is 0 Å². The van der Waals surface area contributed by atoms with Gasteiger partial charge in [-0.25, -0.2) is 14.8 Å². The Balaban J connectivity index is 1.55. The first-order valence-electron chi connectivity index (χ1n) is 8.75. The van der Waals surface area contributed by atoms with Gasteiger partial charge in [0.05, 0.1) is 30.7 Å². The fourth-order valence-electron chi connectivity index (χ4n) is 3.74. The molecule has 0 aromatic carbocycles. The number of carbonyl (C=O) groups is 2. The Morgan fingerprint density at radius 3 is 2.89 bits per heavy atom. The summed E-state index contributed by atoms with van der Waals surface area (Å²) in [5, 5.41) is 7.24. The summed E-state index contributed by atoms with van der Waals surface area (Å²) >= 11 is 0. The van der Waals surface area contributed by atoms with E-state index in [4.69, 9.17) is 0 Å². The first-order valence-corrected chi connectivity index (χ1v) is 8.75. The molecule has 9 nitrogen and oxygen atoms in total. The van der Waals surface area contributed by atoms with E-state index in [0.717, 1.165) is 29.8 Å². The number of amides is 1. The summed E-state index contributed by atoms with van der Waals surface area (Å²) < 4.78 is 6.28. The molecule has 2 aliphatic rings. The van der Waals surface area contributed by atoms with Crippen LogP contribution in [0.1, 0.15) is 25.0 Å². The Morgan fingerprint density at radius 1 is 1.33 bits per heavy atom. The third-order valence-corrected chi connectivity index (χ3v) is 4.94. The molecule has 0 radical (unpaired) electrons. The zero-order valence-electron chi connectivity index (χ0n) is 15.1. The second kappa shape index (κ2) is 6.82. The topological polar surface area (TPSA) is 102 Å². The highest BCUT2D eigenvalue weighted by Gasteiger charge is 2.42. The van der Waals surface area contributed by atoms with Crippen LogP contribution in [0, 0.1) is 0 Å². The third-order valence-electron chi connectivity index (χ3n) is 4.94. The van der Waals surface area contributed by atoms with Crippen LogP contribution in [-0.2, 0) is 21.4 Å². The molecule has 2 aliphatic heterocycles. The highest BCUT2D eigenvalue weighted by Crippen LogP contribution is 2.38. The van der Waals surface area contributed by atoms with Gasteiger partial charge in [-0.1, -0.05) is 6.08 Å². The van der Waals surface area contributed by atoms with E-state index >= 15 is 0 Å². The molecule has 1 amide bonds. The number of ether oxygens (including phenoxy) is 1. The van der Waals surface area contributed by atoms with Crippen LogP contribution < -0.4 is 5.32 Å². The van der Waals surface area contributed by atoms with Gasteiger partial charge in [0.2, 0.25) is 5.95 Å². The summed E-state index contributed by atoms with van der Waals surface area (Å²) in [7, 11) is 3.07. The molecule has 2 atom stereocenters. The molecule has 4 heterocycles. The fourth-order valence-corrected chi connectivity index (χ4v) is 3.74. The molecule has 1 N–H and O–H groups in total. The number of esters is 1. The molecule has 0 saturated carbocycles. The lowest BCUT2D eigenvalue weighted by molar-refractivity contribution is -0.159. The van der Waals surface area contributed by atoms with Gasteiger partial charge in [-0.15, -0.1) is 0 Å². The lowest BCUT2D eigenvalue weighted by Gasteiger charge is -2.32. The predicted octanol–water partition coefficient (Wildman–Crippen LogP) is 1.27. The maximum absolute atomic E-state index is 12.3. The summed E-state index contributed by atoms with van der Waals surface area (Å²) in [6.45, 7) is 0. The minimum Gasteiger partial charge on any atom is -0.462 e. The smallest absolute Gasteiger partial charge is 0.396 e. The molecule has 2 bridgehead atoms. The maximum atomic E-state index is 12.3. The number of nitrogens with zero attached hydrogens (tertiary/aromatic N) is 5. The first kappa shape index (κ1) is 17.2. The minimum atomic E-state index is -0.811. The highest BCUT2D eigenvalue weighted by atomic mass is 16.5. The van der Waals surface area contributed by atoms with Crippen molar-refractivity contribution in [1.29, 1.82) is 0 Å². The number of fused-ring (bicyclic) bond motifs is 2. The highest BCUT2D eigenvalue weighted by molar-refractivity contribution is 6.32. The molecule has 1 fully saturated rings. The van der Waals surface area contributed by atoms with Crippen molar-refractivity contribution in [3.8, 4) is 0 Å². The second-order valence-corrected chi connectivity index (χ2v) is 6.69. The molecule has 9 heteroatoms. The molecular weight excluding hydrogens is 348 g/mol. The van der Waals surface area contributed by atoms with Crippen molar-refractivity contribution in [2.75, 3.05) is 12.4 Å². The van der Waals surface area contributed by atoms with Gasteiger partial charge < -0.3 is 15.0 Å². The van der Waals surface area contributed by atoms with Gasteiger partial charge in [-0.3, -0.25) is 9.48 Å². The first-order chi connectivity index (χ1) is 13.0. The van der Waals surface area contributed by atoms with Gasteiger partial charge in [0.15, 0.2) is 0 Å². The standard InChI is InChI=1S/C18H20N6O3/c1-23-10-12(9-20-23)21-18-19-6-5-15(22-18)11-7-13-3-4-14(8-11)24(13)16(25)17(26)27-2/h5-7,9-10,13-14H,3-4,8H2,1-2H3,(H,19,21,22). The Hall–Kier alpha value is -3.23. The largest absolute Gasteiger partial charge is 0.462 e. The van der Waals surface area contributed by atoms with Crippen LogP contribution in [0.15, 0.2) is 30.7 Å². The van der Waals surface area contributed by atoms with Crippen LogP contribution in [-0.4, -0.2) is 55.7 Å². The number of hydrogen-bond donors (Lipinski definition) is 1. The van der Waals surface area contributed by atoms with Crippen molar-refractivity contribution in [2.45, 2.75) is 31.3 Å². The van der Waals surface area contributed by atoms with E-state index in [1.807, 2.05) is 25.4 Å². The summed E-state index contributed by atoms with van der Waals surface area (Å²) in [5.74, 6) is -0.891. The van der Waals surface area contributed by atoms with Crippen LogP contribution in [0.25, 0.3) is 5.57 Å². The van der Waals surface area contributed by atoms with Crippen LogP contribution >= 0.6 is 0 Å². The summed E-state index contributed by atoms with van der Waals surface area (Å²) in [4.78, 5) is 34.4. The number of aromatic nitrogens is 4. The average molecular weight is 368 g/mol. The van der Waals surface area contributed by atoms with E-state index in [1.54, 1.807) is 22.0 Å². The Bertz CT molecular complexity index is 921. The maximum Gasteiger partial charge on any atom is 0.396 e. The quantitative estimate of drug-likeness (QED) is 0.643. The van der Waals surface area contributed by atoms with Gasteiger partial charge in [0.1, 0.15) is 0 Å².